The fourth-order valence-corrected chi connectivity index (χ4v) is 4.13. The van der Waals surface area contributed by atoms with E-state index in [1.807, 2.05) is 0 Å². The number of carbonyl (C=O) groups is 1. The van der Waals surface area contributed by atoms with Gasteiger partial charge >= 0.3 is 0 Å². The molecule has 0 unspecified atom stereocenters. The van der Waals surface area contributed by atoms with E-state index in [1.54, 1.807) is 43.3 Å². The van der Waals surface area contributed by atoms with Gasteiger partial charge in [0.25, 0.3) is 0 Å². The highest BCUT2D eigenvalue weighted by atomic mass is 35.5. The van der Waals surface area contributed by atoms with Crippen LogP contribution < -0.4 is 9.62 Å². The average Bonchev–Trinajstić information content (AvgIpc) is 2.56. The summed E-state index contributed by atoms with van der Waals surface area (Å²) in [5, 5.41) is 3.81. The summed E-state index contributed by atoms with van der Waals surface area (Å²) in [6.07, 6.45) is 1.30. The van der Waals surface area contributed by atoms with Gasteiger partial charge in [0.05, 0.1) is 22.7 Å². The Kier molecular flexibility index (Phi) is 6.80. The molecular formula is C17H17Cl3N2O3S. The molecule has 1 atom stereocenters. The van der Waals surface area contributed by atoms with Crippen molar-refractivity contribution in [3.8, 4) is 0 Å². The monoisotopic (exact) mass is 434 g/mol. The van der Waals surface area contributed by atoms with Gasteiger partial charge in [-0.1, -0.05) is 41.7 Å². The summed E-state index contributed by atoms with van der Waals surface area (Å²) >= 11 is 17.9. The fraction of sp³-hybridized carbons (Fsp3) is 0.235. The number of carbonyl (C=O) groups excluding carboxylic acids is 1. The van der Waals surface area contributed by atoms with Crippen molar-refractivity contribution in [3.05, 3.63) is 57.5 Å². The lowest BCUT2D eigenvalue weighted by molar-refractivity contribution is -0.117. The van der Waals surface area contributed by atoms with E-state index in [-0.39, 0.29) is 6.42 Å². The minimum Gasteiger partial charge on any atom is -0.323 e. The first kappa shape index (κ1) is 20.8. The van der Waals surface area contributed by atoms with Crippen LogP contribution in [0.5, 0.6) is 0 Å². The summed E-state index contributed by atoms with van der Waals surface area (Å²) in [5.74, 6) is -0.517. The highest BCUT2D eigenvalue weighted by molar-refractivity contribution is 7.92. The van der Waals surface area contributed by atoms with Crippen LogP contribution in [-0.4, -0.2) is 26.6 Å². The van der Waals surface area contributed by atoms with Crippen LogP contribution in [0.4, 0.5) is 11.4 Å². The predicted molar refractivity (Wildman–Crippen MR) is 108 cm³/mol. The third kappa shape index (κ3) is 5.04. The van der Waals surface area contributed by atoms with Gasteiger partial charge in [-0.05, 0) is 48.9 Å². The topological polar surface area (TPSA) is 66.5 Å². The second-order valence-electron chi connectivity index (χ2n) is 5.57. The second kappa shape index (κ2) is 8.48. The Hall–Kier alpha value is -1.47. The number of nitrogens with one attached hydrogen (secondary N) is 1. The van der Waals surface area contributed by atoms with Crippen molar-refractivity contribution in [3.63, 3.8) is 0 Å². The van der Waals surface area contributed by atoms with Crippen LogP contribution in [0.3, 0.4) is 0 Å². The van der Waals surface area contributed by atoms with Gasteiger partial charge in [-0.2, -0.15) is 0 Å². The van der Waals surface area contributed by atoms with Gasteiger partial charge in [0.15, 0.2) is 0 Å². The lowest BCUT2D eigenvalue weighted by Crippen LogP contribution is -2.47. The van der Waals surface area contributed by atoms with E-state index < -0.39 is 22.0 Å². The number of sulfonamides is 1. The fourth-order valence-electron chi connectivity index (χ4n) is 2.46. The molecule has 0 saturated heterocycles. The molecule has 0 saturated carbocycles. The van der Waals surface area contributed by atoms with E-state index in [2.05, 4.69) is 5.32 Å². The SMILES string of the molecule is CC[C@H](C(=O)Nc1cc(Cl)ccc1Cl)N(c1ccc(Cl)cc1)S(C)(=O)=O. The molecule has 0 spiro atoms. The van der Waals surface area contributed by atoms with Crippen molar-refractivity contribution in [2.24, 2.45) is 0 Å². The number of hydrogen-bond acceptors (Lipinski definition) is 3. The largest absolute Gasteiger partial charge is 0.323 e. The van der Waals surface area contributed by atoms with Gasteiger partial charge in [0, 0.05) is 10.0 Å². The molecule has 9 heteroatoms. The maximum absolute atomic E-state index is 12.8. The summed E-state index contributed by atoms with van der Waals surface area (Å²) in [6, 6.07) is 9.89. The molecule has 0 aliphatic rings. The van der Waals surface area contributed by atoms with Crippen molar-refractivity contribution in [2.75, 3.05) is 15.9 Å². The zero-order valence-corrected chi connectivity index (χ0v) is 17.1. The summed E-state index contributed by atoms with van der Waals surface area (Å²) in [5.41, 5.74) is 0.656. The van der Waals surface area contributed by atoms with Crippen molar-refractivity contribution in [2.45, 2.75) is 19.4 Å². The Morgan fingerprint density at radius 2 is 1.65 bits per heavy atom. The maximum Gasteiger partial charge on any atom is 0.248 e. The first-order valence-corrected chi connectivity index (χ1v) is 10.6. The summed E-state index contributed by atoms with van der Waals surface area (Å²) < 4.78 is 25.8. The molecule has 0 aliphatic heterocycles. The molecule has 26 heavy (non-hydrogen) atoms. The zero-order chi connectivity index (χ0) is 19.5. The van der Waals surface area contributed by atoms with Gasteiger partial charge < -0.3 is 5.32 Å². The van der Waals surface area contributed by atoms with Crippen LogP contribution in [0.15, 0.2) is 42.5 Å². The molecule has 0 fully saturated rings. The average molecular weight is 436 g/mol. The lowest BCUT2D eigenvalue weighted by atomic mass is 10.2. The number of hydrogen-bond donors (Lipinski definition) is 1. The van der Waals surface area contributed by atoms with Crippen LogP contribution in [0, 0.1) is 0 Å². The number of amides is 1. The molecule has 5 nitrogen and oxygen atoms in total. The summed E-state index contributed by atoms with van der Waals surface area (Å²) in [6.45, 7) is 1.72. The first-order valence-electron chi connectivity index (χ1n) is 7.64. The molecule has 2 aromatic carbocycles. The molecule has 0 radical (unpaired) electrons. The standard InChI is InChI=1S/C17H17Cl3N2O3S/c1-3-16(17(23)21-15-10-12(19)6-9-14(15)20)22(26(2,24)25)13-7-4-11(18)5-8-13/h4-10,16H,3H2,1-2H3,(H,21,23)/t16-/m1/s1. The van der Waals surface area contributed by atoms with E-state index in [4.69, 9.17) is 34.8 Å². The van der Waals surface area contributed by atoms with E-state index in [0.29, 0.717) is 26.4 Å². The quantitative estimate of drug-likeness (QED) is 0.706. The maximum atomic E-state index is 12.8. The second-order valence-corrected chi connectivity index (χ2v) is 8.71. The van der Waals surface area contributed by atoms with Crippen LogP contribution in [0.1, 0.15) is 13.3 Å². The van der Waals surface area contributed by atoms with E-state index >= 15 is 0 Å². The summed E-state index contributed by atoms with van der Waals surface area (Å²) in [7, 11) is -3.73. The minimum atomic E-state index is -3.73. The molecule has 0 aliphatic carbocycles. The van der Waals surface area contributed by atoms with Gasteiger partial charge in [-0.25, -0.2) is 8.42 Å². The molecule has 1 N–H and O–H groups in total. The zero-order valence-electron chi connectivity index (χ0n) is 14.0. The van der Waals surface area contributed by atoms with E-state index in [1.165, 1.54) is 6.07 Å². The van der Waals surface area contributed by atoms with Gasteiger partial charge in [0.2, 0.25) is 15.9 Å². The third-order valence-electron chi connectivity index (χ3n) is 3.60. The van der Waals surface area contributed by atoms with Crippen molar-refractivity contribution >= 4 is 62.1 Å². The Bertz CT molecular complexity index is 902. The Morgan fingerprint density at radius 3 is 2.19 bits per heavy atom. The smallest absolute Gasteiger partial charge is 0.248 e. The van der Waals surface area contributed by atoms with Gasteiger partial charge in [-0.3, -0.25) is 9.10 Å². The Labute approximate surface area is 167 Å². The first-order chi connectivity index (χ1) is 12.1. The van der Waals surface area contributed by atoms with Crippen molar-refractivity contribution in [1.29, 1.82) is 0 Å². The van der Waals surface area contributed by atoms with E-state index in [0.717, 1.165) is 10.6 Å². The Balaban J connectivity index is 2.39. The lowest BCUT2D eigenvalue weighted by Gasteiger charge is -2.30. The highest BCUT2D eigenvalue weighted by Crippen LogP contribution is 2.28. The number of rotatable bonds is 6. The molecular weight excluding hydrogens is 419 g/mol. The van der Waals surface area contributed by atoms with Crippen LogP contribution >= 0.6 is 34.8 Å². The van der Waals surface area contributed by atoms with Gasteiger partial charge in [0.1, 0.15) is 6.04 Å². The molecule has 0 aromatic heterocycles. The van der Waals surface area contributed by atoms with Crippen molar-refractivity contribution < 1.29 is 13.2 Å². The summed E-state index contributed by atoms with van der Waals surface area (Å²) in [4.78, 5) is 12.8. The van der Waals surface area contributed by atoms with Crippen LogP contribution in [-0.2, 0) is 14.8 Å². The normalized spacial score (nSPS) is 12.5. The van der Waals surface area contributed by atoms with E-state index in [9.17, 15) is 13.2 Å². The van der Waals surface area contributed by atoms with Crippen molar-refractivity contribution in [1.82, 2.24) is 0 Å². The van der Waals surface area contributed by atoms with Crippen LogP contribution in [0.2, 0.25) is 15.1 Å². The molecule has 1 amide bonds. The predicted octanol–water partition coefficient (Wildman–Crippen LogP) is 4.83. The third-order valence-corrected chi connectivity index (χ3v) is 5.59. The molecule has 0 bridgehead atoms. The number of halogens is 3. The number of nitrogens with zero attached hydrogens (tertiary/aromatic N) is 1. The number of benzene rings is 2. The Morgan fingerprint density at radius 1 is 1.08 bits per heavy atom. The van der Waals surface area contributed by atoms with Gasteiger partial charge in [-0.15, -0.1) is 0 Å². The highest BCUT2D eigenvalue weighted by Gasteiger charge is 2.31. The number of anilines is 2. The van der Waals surface area contributed by atoms with Crippen LogP contribution in [0.25, 0.3) is 0 Å². The molecule has 0 heterocycles. The molecule has 2 aromatic rings. The minimum absolute atomic E-state index is 0.250. The molecule has 2 rings (SSSR count). The molecule has 140 valence electrons.